The number of rotatable bonds is 9. The van der Waals surface area contributed by atoms with Gasteiger partial charge in [-0.3, -0.25) is 18.9 Å². The fourth-order valence-electron chi connectivity index (χ4n) is 4.81. The Kier molecular flexibility index (Phi) is 6.15. The number of nitrogens with one attached hydrogen (secondary N) is 1. The van der Waals surface area contributed by atoms with Gasteiger partial charge in [0.05, 0.1) is 12.5 Å². The standard InChI is InChI=1S/C26H29N7O2/c1-4-5-6-20-15-33(23-22(16(2)3)24(23)34)26(35)32(20)14-19-13-27-12-11-21(19)17-7-9-18(10-8-17)25-28-30-31-29-25/h7-13,15-16,22-23H,4-6,14H2,1-3H3,(H,28,29,30,31). The SMILES string of the molecule is CCCCc1cn(C2C(=O)C2C(C)C)c(=O)n1Cc1cnccc1-c1ccc(-c2nn[nH]n2)cc1. The molecule has 1 N–H and O–H groups in total. The van der Waals surface area contributed by atoms with Gasteiger partial charge in [-0.1, -0.05) is 51.5 Å². The van der Waals surface area contributed by atoms with E-state index in [0.29, 0.717) is 12.4 Å². The zero-order valence-corrected chi connectivity index (χ0v) is 20.2. The first kappa shape index (κ1) is 22.9. The minimum absolute atomic E-state index is 0.0748. The normalized spacial score (nSPS) is 17.3. The molecule has 1 fully saturated rings. The van der Waals surface area contributed by atoms with Crippen LogP contribution in [0.25, 0.3) is 22.5 Å². The molecule has 1 aliphatic rings. The number of carbonyl (C=O) groups is 1. The number of unbranched alkanes of at least 4 members (excludes halogenated alkanes) is 1. The lowest BCUT2D eigenvalue weighted by molar-refractivity contribution is -0.112. The average Bonchev–Trinajstić information content (AvgIpc) is 3.18. The van der Waals surface area contributed by atoms with Crippen molar-refractivity contribution in [2.24, 2.45) is 11.8 Å². The van der Waals surface area contributed by atoms with Crippen LogP contribution < -0.4 is 5.69 Å². The van der Waals surface area contributed by atoms with Crippen LogP contribution in [0.5, 0.6) is 0 Å². The first-order valence-corrected chi connectivity index (χ1v) is 12.1. The predicted molar refractivity (Wildman–Crippen MR) is 132 cm³/mol. The van der Waals surface area contributed by atoms with Gasteiger partial charge in [0, 0.05) is 29.8 Å². The molecule has 3 aromatic heterocycles. The van der Waals surface area contributed by atoms with Gasteiger partial charge in [-0.25, -0.2) is 4.79 Å². The third kappa shape index (κ3) is 4.34. The maximum Gasteiger partial charge on any atom is 0.329 e. The van der Waals surface area contributed by atoms with Crippen LogP contribution in [0.3, 0.4) is 0 Å². The average molecular weight is 472 g/mol. The van der Waals surface area contributed by atoms with E-state index in [-0.39, 0.29) is 29.4 Å². The Hall–Kier alpha value is -3.88. The molecule has 0 amide bonds. The number of pyridine rings is 1. The van der Waals surface area contributed by atoms with Gasteiger partial charge in [-0.2, -0.15) is 5.21 Å². The zero-order chi connectivity index (χ0) is 24.5. The third-order valence-corrected chi connectivity index (χ3v) is 6.77. The van der Waals surface area contributed by atoms with E-state index in [2.05, 4.69) is 32.5 Å². The van der Waals surface area contributed by atoms with Crippen molar-refractivity contribution < 1.29 is 4.79 Å². The van der Waals surface area contributed by atoms with Crippen molar-refractivity contribution in [1.29, 1.82) is 0 Å². The van der Waals surface area contributed by atoms with Crippen molar-refractivity contribution in [2.75, 3.05) is 0 Å². The van der Waals surface area contributed by atoms with Gasteiger partial charge >= 0.3 is 5.69 Å². The Balaban J connectivity index is 1.49. The number of aromatic nitrogens is 7. The van der Waals surface area contributed by atoms with E-state index in [4.69, 9.17) is 0 Å². The second-order valence-corrected chi connectivity index (χ2v) is 9.46. The van der Waals surface area contributed by atoms with Crippen LogP contribution in [0.2, 0.25) is 0 Å². The van der Waals surface area contributed by atoms with Gasteiger partial charge in [-0.15, -0.1) is 10.2 Å². The van der Waals surface area contributed by atoms with Crippen LogP contribution in [0.15, 0.2) is 53.7 Å². The quantitative estimate of drug-likeness (QED) is 0.399. The Bertz CT molecular complexity index is 1380. The fraction of sp³-hybridized carbons (Fsp3) is 0.385. The molecule has 1 aromatic carbocycles. The summed E-state index contributed by atoms with van der Waals surface area (Å²) in [6.07, 6.45) is 8.27. The molecule has 0 bridgehead atoms. The van der Waals surface area contributed by atoms with Crippen LogP contribution in [-0.2, 0) is 17.8 Å². The number of imidazole rings is 1. The number of aryl methyl sites for hydroxylation is 1. The number of ketones is 1. The largest absolute Gasteiger partial charge is 0.329 e. The van der Waals surface area contributed by atoms with Crippen molar-refractivity contribution >= 4 is 5.78 Å². The summed E-state index contributed by atoms with van der Waals surface area (Å²) in [5.74, 6) is 0.843. The number of benzene rings is 1. The van der Waals surface area contributed by atoms with Gasteiger partial charge in [0.25, 0.3) is 0 Å². The number of tetrazole rings is 1. The van der Waals surface area contributed by atoms with Gasteiger partial charge in [-0.05, 0) is 46.7 Å². The summed E-state index contributed by atoms with van der Waals surface area (Å²) in [7, 11) is 0. The molecule has 2 atom stereocenters. The third-order valence-electron chi connectivity index (χ3n) is 6.77. The molecule has 4 aromatic rings. The second-order valence-electron chi connectivity index (χ2n) is 9.46. The van der Waals surface area contributed by atoms with Gasteiger partial charge in [0.1, 0.15) is 6.04 Å². The summed E-state index contributed by atoms with van der Waals surface area (Å²) in [6, 6.07) is 9.54. The van der Waals surface area contributed by atoms with Gasteiger partial charge in [0.15, 0.2) is 5.78 Å². The maximum atomic E-state index is 13.5. The van der Waals surface area contributed by atoms with E-state index < -0.39 is 0 Å². The summed E-state index contributed by atoms with van der Waals surface area (Å²) >= 11 is 0. The summed E-state index contributed by atoms with van der Waals surface area (Å²) in [5.41, 5.74) is 4.65. The summed E-state index contributed by atoms with van der Waals surface area (Å²) in [5, 5.41) is 14.1. The number of nitrogens with zero attached hydrogens (tertiary/aromatic N) is 6. The Morgan fingerprint density at radius 3 is 2.51 bits per heavy atom. The highest BCUT2D eigenvalue weighted by Crippen LogP contribution is 2.43. The molecule has 0 saturated heterocycles. The van der Waals surface area contributed by atoms with E-state index in [1.807, 2.05) is 61.1 Å². The summed E-state index contributed by atoms with van der Waals surface area (Å²) in [6.45, 7) is 6.60. The number of hydrogen-bond acceptors (Lipinski definition) is 6. The van der Waals surface area contributed by atoms with Crippen LogP contribution >= 0.6 is 0 Å². The molecule has 1 aliphatic carbocycles. The summed E-state index contributed by atoms with van der Waals surface area (Å²) < 4.78 is 3.47. The van der Waals surface area contributed by atoms with Crippen LogP contribution in [0.4, 0.5) is 0 Å². The minimum Gasteiger partial charge on any atom is -0.297 e. The number of carbonyl (C=O) groups excluding carboxylic acids is 1. The van der Waals surface area contributed by atoms with Crippen LogP contribution in [0.1, 0.15) is 50.9 Å². The van der Waals surface area contributed by atoms with Crippen molar-refractivity contribution in [3.63, 3.8) is 0 Å². The Morgan fingerprint density at radius 2 is 1.86 bits per heavy atom. The van der Waals surface area contributed by atoms with Crippen molar-refractivity contribution in [2.45, 2.75) is 52.6 Å². The first-order valence-electron chi connectivity index (χ1n) is 12.1. The lowest BCUT2D eigenvalue weighted by Crippen LogP contribution is -2.26. The van der Waals surface area contributed by atoms with Gasteiger partial charge in [0.2, 0.25) is 5.82 Å². The molecule has 0 aliphatic heterocycles. The molecule has 9 nitrogen and oxygen atoms in total. The molecule has 180 valence electrons. The number of H-pyrrole nitrogens is 1. The highest BCUT2D eigenvalue weighted by atomic mass is 16.2. The van der Waals surface area contributed by atoms with E-state index in [1.54, 1.807) is 10.8 Å². The van der Waals surface area contributed by atoms with Crippen LogP contribution in [0, 0.1) is 11.8 Å². The van der Waals surface area contributed by atoms with Crippen molar-refractivity contribution in [3.8, 4) is 22.5 Å². The molecular weight excluding hydrogens is 442 g/mol. The topological polar surface area (TPSA) is 111 Å². The van der Waals surface area contributed by atoms with Crippen molar-refractivity contribution in [3.05, 3.63) is 70.7 Å². The number of hydrogen-bond donors (Lipinski definition) is 1. The highest BCUT2D eigenvalue weighted by Gasteiger charge is 2.53. The van der Waals surface area contributed by atoms with Gasteiger partial charge < -0.3 is 0 Å². The van der Waals surface area contributed by atoms with Crippen molar-refractivity contribution in [1.82, 2.24) is 34.7 Å². The smallest absolute Gasteiger partial charge is 0.297 e. The minimum atomic E-state index is -0.338. The number of Topliss-reactive ketones (excluding diaryl/α,β-unsaturated/α-hetero) is 1. The second kappa shape index (κ2) is 9.40. The van der Waals surface area contributed by atoms with E-state index in [0.717, 1.165) is 47.2 Å². The fourth-order valence-corrected chi connectivity index (χ4v) is 4.81. The number of aromatic amines is 1. The maximum absolute atomic E-state index is 13.5. The predicted octanol–water partition coefficient (Wildman–Crippen LogP) is 3.68. The summed E-state index contributed by atoms with van der Waals surface area (Å²) in [4.78, 5) is 30.3. The monoisotopic (exact) mass is 471 g/mol. The van der Waals surface area contributed by atoms with E-state index in [9.17, 15) is 9.59 Å². The molecule has 5 rings (SSSR count). The molecule has 0 radical (unpaired) electrons. The molecular formula is C26H29N7O2. The Labute approximate surface area is 203 Å². The first-order chi connectivity index (χ1) is 17.0. The molecule has 3 heterocycles. The van der Waals surface area contributed by atoms with E-state index >= 15 is 0 Å². The Morgan fingerprint density at radius 1 is 1.09 bits per heavy atom. The lowest BCUT2D eigenvalue weighted by atomic mass is 10.00. The highest BCUT2D eigenvalue weighted by molar-refractivity contribution is 6.01. The lowest BCUT2D eigenvalue weighted by Gasteiger charge is -2.12. The van der Waals surface area contributed by atoms with Crippen LogP contribution in [-0.4, -0.2) is 40.5 Å². The molecule has 0 spiro atoms. The molecule has 9 heteroatoms. The zero-order valence-electron chi connectivity index (χ0n) is 20.2. The molecule has 2 unspecified atom stereocenters. The molecule has 35 heavy (non-hydrogen) atoms. The molecule has 1 saturated carbocycles. The van der Waals surface area contributed by atoms with E-state index in [1.165, 1.54) is 0 Å².